The fourth-order valence-corrected chi connectivity index (χ4v) is 10.3. The van der Waals surface area contributed by atoms with Gasteiger partial charge in [0.2, 0.25) is 0 Å². The van der Waals surface area contributed by atoms with Crippen LogP contribution in [0.15, 0.2) is 30.8 Å². The first-order valence-corrected chi connectivity index (χ1v) is 13.8. The van der Waals surface area contributed by atoms with E-state index in [1.807, 2.05) is 30.3 Å². The van der Waals surface area contributed by atoms with E-state index >= 15 is 0 Å². The smallest absolute Gasteiger partial charge is 0.173 e. The van der Waals surface area contributed by atoms with E-state index in [1.165, 1.54) is 0 Å². The van der Waals surface area contributed by atoms with Crippen LogP contribution in [-0.4, -0.2) is 23.2 Å². The second-order valence-electron chi connectivity index (χ2n) is 6.70. The molecule has 1 aromatic rings. The number of hydrogen-bond acceptors (Lipinski definition) is 2. The van der Waals surface area contributed by atoms with Gasteiger partial charge in [-0.25, -0.2) is 0 Å². The Labute approximate surface area is 126 Å². The summed E-state index contributed by atoms with van der Waals surface area (Å²) < 4.78 is 12.1. The molecule has 112 valence electrons. The molecule has 0 aliphatic rings. The largest absolute Gasteiger partial charge is 0.494 e. The van der Waals surface area contributed by atoms with Crippen LogP contribution in [0.4, 0.5) is 0 Å². The van der Waals surface area contributed by atoms with Gasteiger partial charge in [0.15, 0.2) is 16.6 Å². The van der Waals surface area contributed by atoms with E-state index in [-0.39, 0.29) is 0 Å². The highest BCUT2D eigenvalue weighted by atomic mass is 28.4. The normalized spacial score (nSPS) is 12.2. The fraction of sp³-hybridized carbons (Fsp3) is 0.500. The standard InChI is InChI=1S/C16H28O2Si2/c1-7-15-10-8-11-16(14-15)17-12-9-13-20(5,6)18-19(2,3)4/h7-8,10-11,14H,1,9,12-13H2,2-6H3. The highest BCUT2D eigenvalue weighted by molar-refractivity contribution is 6.84. The molecule has 0 fully saturated rings. The predicted octanol–water partition coefficient (Wildman–Crippen LogP) is 5.16. The molecule has 0 amide bonds. The van der Waals surface area contributed by atoms with Gasteiger partial charge in [0.1, 0.15) is 5.75 Å². The van der Waals surface area contributed by atoms with Crippen molar-refractivity contribution in [3.63, 3.8) is 0 Å². The molecule has 0 spiro atoms. The first-order chi connectivity index (χ1) is 9.22. The predicted molar refractivity (Wildman–Crippen MR) is 93.4 cm³/mol. The minimum Gasteiger partial charge on any atom is -0.494 e. The summed E-state index contributed by atoms with van der Waals surface area (Å²) in [7, 11) is -2.95. The monoisotopic (exact) mass is 308 g/mol. The highest BCUT2D eigenvalue weighted by Crippen LogP contribution is 2.20. The van der Waals surface area contributed by atoms with E-state index in [4.69, 9.17) is 8.85 Å². The molecular formula is C16H28O2Si2. The zero-order chi connectivity index (χ0) is 15.2. The summed E-state index contributed by atoms with van der Waals surface area (Å²) >= 11 is 0. The zero-order valence-corrected chi connectivity index (χ0v) is 15.5. The highest BCUT2D eigenvalue weighted by Gasteiger charge is 2.28. The Morgan fingerprint density at radius 1 is 1.15 bits per heavy atom. The molecule has 0 atom stereocenters. The summed E-state index contributed by atoms with van der Waals surface area (Å²) in [6.45, 7) is 15.9. The van der Waals surface area contributed by atoms with Gasteiger partial charge in [0.25, 0.3) is 0 Å². The minimum atomic E-state index is -1.53. The lowest BCUT2D eigenvalue weighted by Gasteiger charge is -2.31. The van der Waals surface area contributed by atoms with E-state index in [2.05, 4.69) is 39.3 Å². The second-order valence-corrected chi connectivity index (χ2v) is 15.8. The molecule has 0 bridgehead atoms. The maximum atomic E-state index is 6.32. The van der Waals surface area contributed by atoms with Crippen LogP contribution in [0.2, 0.25) is 38.8 Å². The van der Waals surface area contributed by atoms with Crippen LogP contribution in [0.3, 0.4) is 0 Å². The van der Waals surface area contributed by atoms with Gasteiger partial charge >= 0.3 is 0 Å². The van der Waals surface area contributed by atoms with Crippen molar-refractivity contribution in [2.75, 3.05) is 6.61 Å². The number of benzene rings is 1. The van der Waals surface area contributed by atoms with Crippen molar-refractivity contribution in [3.05, 3.63) is 36.4 Å². The van der Waals surface area contributed by atoms with Crippen LogP contribution in [0.1, 0.15) is 12.0 Å². The Bertz CT molecular complexity index is 436. The molecule has 0 saturated carbocycles. The SMILES string of the molecule is C=Cc1cccc(OCCC[Si](C)(C)O[Si](C)(C)C)c1. The third-order valence-electron chi connectivity index (χ3n) is 2.87. The molecule has 20 heavy (non-hydrogen) atoms. The van der Waals surface area contributed by atoms with Gasteiger partial charge in [0.05, 0.1) is 6.61 Å². The molecule has 0 heterocycles. The van der Waals surface area contributed by atoms with Crippen LogP contribution in [-0.2, 0) is 4.12 Å². The minimum absolute atomic E-state index is 0.756. The van der Waals surface area contributed by atoms with Crippen molar-refractivity contribution in [2.45, 2.75) is 45.2 Å². The summed E-state index contributed by atoms with van der Waals surface area (Å²) in [5, 5.41) is 0. The molecule has 0 aliphatic carbocycles. The van der Waals surface area contributed by atoms with E-state index in [9.17, 15) is 0 Å². The Kier molecular flexibility index (Phi) is 6.23. The quantitative estimate of drug-likeness (QED) is 0.488. The van der Waals surface area contributed by atoms with Gasteiger partial charge in [-0.15, -0.1) is 0 Å². The topological polar surface area (TPSA) is 18.5 Å². The van der Waals surface area contributed by atoms with Gasteiger partial charge < -0.3 is 8.85 Å². The molecular weight excluding hydrogens is 280 g/mol. The van der Waals surface area contributed by atoms with Gasteiger partial charge in [0, 0.05) is 0 Å². The summed E-state index contributed by atoms with van der Waals surface area (Å²) in [4.78, 5) is 0. The number of hydrogen-bond donors (Lipinski definition) is 0. The first kappa shape index (κ1) is 17.2. The second kappa shape index (κ2) is 7.24. The zero-order valence-electron chi connectivity index (χ0n) is 13.5. The third kappa shape index (κ3) is 7.07. The maximum Gasteiger partial charge on any atom is 0.173 e. The molecule has 1 aromatic carbocycles. The fourth-order valence-electron chi connectivity index (χ4n) is 2.30. The first-order valence-electron chi connectivity index (χ1n) is 7.27. The lowest BCUT2D eigenvalue weighted by atomic mass is 10.2. The summed E-state index contributed by atoms with van der Waals surface area (Å²) in [6.07, 6.45) is 2.90. The molecule has 0 aromatic heterocycles. The van der Waals surface area contributed by atoms with Crippen molar-refractivity contribution >= 4 is 22.7 Å². The molecule has 2 nitrogen and oxygen atoms in total. The van der Waals surface area contributed by atoms with Gasteiger partial charge in [-0.2, -0.15) is 0 Å². The number of ether oxygens (including phenoxy) is 1. The molecule has 0 N–H and O–H groups in total. The van der Waals surface area contributed by atoms with Crippen molar-refractivity contribution in [2.24, 2.45) is 0 Å². The molecule has 0 saturated heterocycles. The average molecular weight is 309 g/mol. The lowest BCUT2D eigenvalue weighted by Crippen LogP contribution is -2.42. The average Bonchev–Trinajstić information content (AvgIpc) is 2.32. The van der Waals surface area contributed by atoms with Crippen molar-refractivity contribution in [1.29, 1.82) is 0 Å². The lowest BCUT2D eigenvalue weighted by molar-refractivity contribution is 0.315. The van der Waals surface area contributed by atoms with Crippen molar-refractivity contribution in [3.8, 4) is 5.75 Å². The van der Waals surface area contributed by atoms with E-state index in [1.54, 1.807) is 0 Å². The van der Waals surface area contributed by atoms with Crippen LogP contribution in [0.5, 0.6) is 5.75 Å². The molecule has 0 aliphatic heterocycles. The van der Waals surface area contributed by atoms with Crippen LogP contribution >= 0.6 is 0 Å². The van der Waals surface area contributed by atoms with E-state index < -0.39 is 16.6 Å². The molecule has 4 heteroatoms. The van der Waals surface area contributed by atoms with Gasteiger partial charge in [-0.1, -0.05) is 24.8 Å². The summed E-state index contributed by atoms with van der Waals surface area (Å²) in [6, 6.07) is 9.19. The van der Waals surface area contributed by atoms with Crippen molar-refractivity contribution in [1.82, 2.24) is 0 Å². The number of rotatable bonds is 8. The van der Waals surface area contributed by atoms with E-state index in [0.29, 0.717) is 0 Å². The Morgan fingerprint density at radius 3 is 2.45 bits per heavy atom. The molecule has 1 rings (SSSR count). The van der Waals surface area contributed by atoms with Gasteiger partial charge in [-0.3, -0.25) is 0 Å². The van der Waals surface area contributed by atoms with E-state index in [0.717, 1.165) is 30.4 Å². The Balaban J connectivity index is 2.35. The molecule has 0 unspecified atom stereocenters. The Hall–Kier alpha value is -0.846. The Morgan fingerprint density at radius 2 is 1.85 bits per heavy atom. The summed E-state index contributed by atoms with van der Waals surface area (Å²) in [5.41, 5.74) is 1.10. The van der Waals surface area contributed by atoms with Gasteiger partial charge in [-0.05, 0) is 62.9 Å². The molecule has 0 radical (unpaired) electrons. The van der Waals surface area contributed by atoms with Crippen LogP contribution < -0.4 is 4.74 Å². The third-order valence-corrected chi connectivity index (χ3v) is 9.09. The van der Waals surface area contributed by atoms with Crippen LogP contribution in [0.25, 0.3) is 6.08 Å². The maximum absolute atomic E-state index is 6.32. The van der Waals surface area contributed by atoms with Crippen molar-refractivity contribution < 1.29 is 8.85 Å². The van der Waals surface area contributed by atoms with Crippen LogP contribution in [0, 0.1) is 0 Å². The summed E-state index contributed by atoms with van der Waals surface area (Å²) in [5.74, 6) is 0.924.